The first-order valence-electron chi connectivity index (χ1n) is 7.39. The van der Waals surface area contributed by atoms with E-state index in [1.54, 1.807) is 29.2 Å². The molecule has 118 valence electrons. The van der Waals surface area contributed by atoms with E-state index >= 15 is 0 Å². The van der Waals surface area contributed by atoms with Crippen molar-refractivity contribution in [3.05, 3.63) is 59.8 Å². The summed E-state index contributed by atoms with van der Waals surface area (Å²) in [6.45, 7) is 2.52. The summed E-state index contributed by atoms with van der Waals surface area (Å²) < 4.78 is 1.78. The number of benzene rings is 1. The summed E-state index contributed by atoms with van der Waals surface area (Å²) >= 11 is 0. The number of nitrogens with one attached hydrogen (secondary N) is 1. The molecule has 0 saturated carbocycles. The maximum Gasteiger partial charge on any atom is 0.274 e. The summed E-state index contributed by atoms with van der Waals surface area (Å²) in [6, 6.07) is 6.16. The zero-order valence-corrected chi connectivity index (χ0v) is 13.4. The van der Waals surface area contributed by atoms with Crippen molar-refractivity contribution < 1.29 is 4.79 Å². The van der Waals surface area contributed by atoms with Crippen molar-refractivity contribution >= 4 is 17.2 Å². The Balaban J connectivity index is 1.74. The van der Waals surface area contributed by atoms with Crippen molar-refractivity contribution in [2.24, 2.45) is 0 Å². The Kier molecular flexibility index (Phi) is 3.97. The highest BCUT2D eigenvalue weighted by Crippen LogP contribution is 2.19. The summed E-state index contributed by atoms with van der Waals surface area (Å²) in [4.78, 5) is 22.7. The fraction of sp³-hybridized carbons (Fsp3) is 0.235. The van der Waals surface area contributed by atoms with Gasteiger partial charge in [0.25, 0.3) is 5.91 Å². The Bertz CT molecular complexity index is 853. The van der Waals surface area contributed by atoms with E-state index in [1.165, 1.54) is 11.3 Å². The van der Waals surface area contributed by atoms with Gasteiger partial charge in [0.05, 0.1) is 0 Å². The predicted molar refractivity (Wildman–Crippen MR) is 89.7 cm³/mol. The van der Waals surface area contributed by atoms with E-state index in [1.807, 2.05) is 20.2 Å². The number of hydrogen-bond donors (Lipinski definition) is 1. The zero-order valence-electron chi connectivity index (χ0n) is 13.4. The molecule has 0 bridgehead atoms. The van der Waals surface area contributed by atoms with E-state index in [0.717, 1.165) is 5.56 Å². The minimum absolute atomic E-state index is 0.226. The first kappa shape index (κ1) is 15.0. The molecule has 0 fully saturated rings. The lowest BCUT2D eigenvalue weighted by molar-refractivity contribution is 0.0947. The lowest BCUT2D eigenvalue weighted by Gasteiger charge is -2.16. The van der Waals surface area contributed by atoms with Gasteiger partial charge < -0.3 is 14.6 Å². The molecule has 0 atom stereocenters. The number of fused-ring (bicyclic) bond motifs is 1. The second-order valence-corrected chi connectivity index (χ2v) is 5.63. The summed E-state index contributed by atoms with van der Waals surface area (Å²) in [5, 5.41) is 2.90. The number of carbonyl (C=O) groups excluding carboxylic acids is 1. The van der Waals surface area contributed by atoms with Crippen LogP contribution in [0.4, 0.5) is 5.69 Å². The first-order chi connectivity index (χ1) is 11.1. The van der Waals surface area contributed by atoms with Crippen LogP contribution in [-0.4, -0.2) is 34.4 Å². The number of hydrogen-bond acceptors (Lipinski definition) is 4. The monoisotopic (exact) mass is 309 g/mol. The van der Waals surface area contributed by atoms with Crippen molar-refractivity contribution in [2.45, 2.75) is 13.5 Å². The Hall–Kier alpha value is -2.89. The van der Waals surface area contributed by atoms with Crippen LogP contribution in [-0.2, 0) is 6.54 Å². The zero-order chi connectivity index (χ0) is 16.4. The molecule has 1 aromatic carbocycles. The molecule has 0 aliphatic carbocycles. The van der Waals surface area contributed by atoms with Crippen LogP contribution in [0.25, 0.3) is 5.65 Å². The fourth-order valence-electron chi connectivity index (χ4n) is 2.61. The number of aromatic nitrogens is 3. The molecule has 1 N–H and O–H groups in total. The van der Waals surface area contributed by atoms with Crippen LogP contribution in [0.5, 0.6) is 0 Å². The van der Waals surface area contributed by atoms with Crippen LogP contribution in [0.2, 0.25) is 0 Å². The largest absolute Gasteiger partial charge is 0.377 e. The Morgan fingerprint density at radius 1 is 1.22 bits per heavy atom. The van der Waals surface area contributed by atoms with Crippen LogP contribution in [0.15, 0.2) is 43.0 Å². The second-order valence-electron chi connectivity index (χ2n) is 5.63. The smallest absolute Gasteiger partial charge is 0.274 e. The van der Waals surface area contributed by atoms with E-state index in [9.17, 15) is 4.79 Å². The highest BCUT2D eigenvalue weighted by Gasteiger charge is 2.13. The predicted octanol–water partition coefficient (Wildman–Crippen LogP) is 2.03. The van der Waals surface area contributed by atoms with Gasteiger partial charge in [-0.1, -0.05) is 12.1 Å². The molecule has 6 heteroatoms. The van der Waals surface area contributed by atoms with Gasteiger partial charge >= 0.3 is 0 Å². The van der Waals surface area contributed by atoms with E-state index in [0.29, 0.717) is 17.9 Å². The molecule has 6 nitrogen and oxygen atoms in total. The van der Waals surface area contributed by atoms with Crippen LogP contribution in [0, 0.1) is 6.92 Å². The topological polar surface area (TPSA) is 62.5 Å². The minimum Gasteiger partial charge on any atom is -0.377 e. The quantitative estimate of drug-likeness (QED) is 0.801. The molecule has 0 aliphatic heterocycles. The van der Waals surface area contributed by atoms with Crippen molar-refractivity contribution in [3.8, 4) is 0 Å². The first-order valence-corrected chi connectivity index (χ1v) is 7.39. The van der Waals surface area contributed by atoms with Gasteiger partial charge in [-0.05, 0) is 24.1 Å². The lowest BCUT2D eigenvalue weighted by Crippen LogP contribution is -2.24. The molecular formula is C17H19N5O. The average Bonchev–Trinajstić information content (AvgIpc) is 3.00. The molecule has 0 saturated heterocycles. The number of nitrogens with zero attached hydrogens (tertiary/aromatic N) is 4. The van der Waals surface area contributed by atoms with Crippen molar-refractivity contribution in [1.82, 2.24) is 19.7 Å². The van der Waals surface area contributed by atoms with Crippen LogP contribution in [0.1, 0.15) is 21.6 Å². The maximum atomic E-state index is 12.4. The van der Waals surface area contributed by atoms with Gasteiger partial charge in [-0.2, -0.15) is 0 Å². The highest BCUT2D eigenvalue weighted by molar-refractivity contribution is 5.97. The van der Waals surface area contributed by atoms with E-state index in [-0.39, 0.29) is 5.91 Å². The van der Waals surface area contributed by atoms with Crippen LogP contribution >= 0.6 is 0 Å². The average molecular weight is 309 g/mol. The molecule has 23 heavy (non-hydrogen) atoms. The van der Waals surface area contributed by atoms with Crippen molar-refractivity contribution in [2.75, 3.05) is 19.0 Å². The third kappa shape index (κ3) is 3.01. The summed E-state index contributed by atoms with van der Waals surface area (Å²) in [5.41, 5.74) is 4.29. The number of anilines is 1. The van der Waals surface area contributed by atoms with Gasteiger partial charge in [0.1, 0.15) is 0 Å². The summed E-state index contributed by atoms with van der Waals surface area (Å²) in [5.74, 6) is -0.226. The highest BCUT2D eigenvalue weighted by atomic mass is 16.1. The molecule has 0 spiro atoms. The van der Waals surface area contributed by atoms with Crippen molar-refractivity contribution in [3.63, 3.8) is 0 Å². The number of aryl methyl sites for hydroxylation is 1. The Morgan fingerprint density at radius 2 is 1.96 bits per heavy atom. The number of rotatable bonds is 4. The van der Waals surface area contributed by atoms with E-state index in [4.69, 9.17) is 0 Å². The molecule has 3 rings (SSSR count). The Labute approximate surface area is 134 Å². The fourth-order valence-corrected chi connectivity index (χ4v) is 2.61. The number of amides is 1. The SMILES string of the molecule is Cc1cc(CNC(=O)c2nccn3ccnc23)ccc1N(C)C. The molecule has 0 unspecified atom stereocenters. The van der Waals surface area contributed by atoms with Gasteiger partial charge in [-0.25, -0.2) is 9.97 Å². The normalized spacial score (nSPS) is 10.7. The Morgan fingerprint density at radius 3 is 2.65 bits per heavy atom. The van der Waals surface area contributed by atoms with Gasteiger partial charge in [0, 0.05) is 51.1 Å². The van der Waals surface area contributed by atoms with Gasteiger partial charge in [0.2, 0.25) is 0 Å². The molecule has 0 radical (unpaired) electrons. The number of carbonyl (C=O) groups is 1. The molecule has 2 aromatic heterocycles. The molecule has 0 aliphatic rings. The third-order valence-electron chi connectivity index (χ3n) is 3.72. The summed E-state index contributed by atoms with van der Waals surface area (Å²) in [7, 11) is 4.03. The second kappa shape index (κ2) is 6.08. The van der Waals surface area contributed by atoms with Crippen molar-refractivity contribution in [1.29, 1.82) is 0 Å². The third-order valence-corrected chi connectivity index (χ3v) is 3.72. The van der Waals surface area contributed by atoms with Gasteiger partial charge in [-0.3, -0.25) is 4.79 Å². The molecule has 2 heterocycles. The summed E-state index contributed by atoms with van der Waals surface area (Å²) in [6.07, 6.45) is 6.80. The van der Waals surface area contributed by atoms with E-state index < -0.39 is 0 Å². The maximum absolute atomic E-state index is 12.4. The molecule has 3 aromatic rings. The standard InChI is InChI=1S/C17H19N5O/c1-12-10-13(4-5-14(12)21(2)3)11-20-17(23)15-16-19-7-9-22(16)8-6-18-15/h4-10H,11H2,1-3H3,(H,20,23). The van der Waals surface area contributed by atoms with Crippen LogP contribution < -0.4 is 10.2 Å². The van der Waals surface area contributed by atoms with E-state index in [2.05, 4.69) is 39.2 Å². The lowest BCUT2D eigenvalue weighted by atomic mass is 10.1. The molecular weight excluding hydrogens is 290 g/mol. The van der Waals surface area contributed by atoms with Crippen LogP contribution in [0.3, 0.4) is 0 Å². The number of imidazole rings is 1. The minimum atomic E-state index is -0.226. The van der Waals surface area contributed by atoms with Gasteiger partial charge in [-0.15, -0.1) is 0 Å². The molecule has 1 amide bonds. The van der Waals surface area contributed by atoms with Gasteiger partial charge in [0.15, 0.2) is 11.3 Å².